The van der Waals surface area contributed by atoms with E-state index in [-0.39, 0.29) is 11.8 Å². The molecule has 1 aromatic heterocycles. The monoisotopic (exact) mass is 393 g/mol. The molecule has 3 rings (SSSR count). The Balaban J connectivity index is 1.70. The number of thiophene rings is 1. The highest BCUT2D eigenvalue weighted by atomic mass is 35.5. The van der Waals surface area contributed by atoms with Crippen molar-refractivity contribution in [3.05, 3.63) is 45.6 Å². The summed E-state index contributed by atoms with van der Waals surface area (Å²) in [5.74, 6) is -0.561. The van der Waals surface area contributed by atoms with Gasteiger partial charge in [-0.05, 0) is 30.5 Å². The van der Waals surface area contributed by atoms with Gasteiger partial charge in [0.1, 0.15) is 6.04 Å². The standard InChI is InChI=1S/C18H20ClN3O3S/c1-12(20-18(24)15-6-3-11-26-15)17(23)21-14-5-2-4-13(19)16(14)22-7-9-25-10-8-22/h2-6,11-12H,7-10H2,1H3,(H,20,24)(H,21,23). The highest BCUT2D eigenvalue weighted by molar-refractivity contribution is 7.12. The first kappa shape index (κ1) is 18.7. The van der Waals surface area contributed by atoms with Crippen LogP contribution in [0.15, 0.2) is 35.7 Å². The van der Waals surface area contributed by atoms with Crippen LogP contribution in [0.5, 0.6) is 0 Å². The van der Waals surface area contributed by atoms with Gasteiger partial charge >= 0.3 is 0 Å². The first-order valence-electron chi connectivity index (χ1n) is 8.32. The lowest BCUT2D eigenvalue weighted by atomic mass is 10.2. The van der Waals surface area contributed by atoms with Crippen molar-refractivity contribution in [2.45, 2.75) is 13.0 Å². The molecule has 1 saturated heterocycles. The minimum atomic E-state index is -0.680. The van der Waals surface area contributed by atoms with Crippen LogP contribution in [-0.2, 0) is 9.53 Å². The second-order valence-electron chi connectivity index (χ2n) is 5.90. The number of para-hydroxylation sites is 1. The molecule has 1 unspecified atom stereocenters. The number of carbonyl (C=O) groups is 2. The van der Waals surface area contributed by atoms with E-state index >= 15 is 0 Å². The topological polar surface area (TPSA) is 70.7 Å². The molecule has 2 amide bonds. The van der Waals surface area contributed by atoms with E-state index in [1.807, 2.05) is 11.4 Å². The zero-order chi connectivity index (χ0) is 18.5. The van der Waals surface area contributed by atoms with E-state index in [4.69, 9.17) is 16.3 Å². The van der Waals surface area contributed by atoms with E-state index in [0.717, 1.165) is 5.69 Å². The number of hydrogen-bond donors (Lipinski definition) is 2. The first-order valence-corrected chi connectivity index (χ1v) is 9.58. The number of ether oxygens (including phenoxy) is 1. The van der Waals surface area contributed by atoms with Crippen LogP contribution in [0.3, 0.4) is 0 Å². The Morgan fingerprint density at radius 1 is 1.23 bits per heavy atom. The molecule has 6 nitrogen and oxygen atoms in total. The Kier molecular flexibility index (Phi) is 6.13. The van der Waals surface area contributed by atoms with Gasteiger partial charge in [-0.3, -0.25) is 9.59 Å². The number of anilines is 2. The third kappa shape index (κ3) is 4.35. The van der Waals surface area contributed by atoms with Crippen LogP contribution >= 0.6 is 22.9 Å². The van der Waals surface area contributed by atoms with Gasteiger partial charge in [-0.2, -0.15) is 0 Å². The fraction of sp³-hybridized carbons (Fsp3) is 0.333. The zero-order valence-electron chi connectivity index (χ0n) is 14.3. The zero-order valence-corrected chi connectivity index (χ0v) is 15.9. The molecule has 2 aromatic rings. The number of carbonyl (C=O) groups excluding carboxylic acids is 2. The molecule has 1 aliphatic rings. The van der Waals surface area contributed by atoms with Gasteiger partial charge < -0.3 is 20.3 Å². The molecule has 1 aliphatic heterocycles. The van der Waals surface area contributed by atoms with Crippen LogP contribution in [0.4, 0.5) is 11.4 Å². The maximum absolute atomic E-state index is 12.6. The molecule has 1 aromatic carbocycles. The van der Waals surface area contributed by atoms with Gasteiger partial charge in [0.2, 0.25) is 5.91 Å². The van der Waals surface area contributed by atoms with Gasteiger partial charge in [-0.1, -0.05) is 23.7 Å². The van der Waals surface area contributed by atoms with Gasteiger partial charge in [0, 0.05) is 13.1 Å². The van der Waals surface area contributed by atoms with Crippen LogP contribution in [0.25, 0.3) is 0 Å². The number of nitrogens with one attached hydrogen (secondary N) is 2. The molecule has 2 heterocycles. The molecule has 8 heteroatoms. The number of halogens is 1. The molecular formula is C18H20ClN3O3S. The second-order valence-corrected chi connectivity index (χ2v) is 7.25. The van der Waals surface area contributed by atoms with Crippen molar-refractivity contribution in [3.8, 4) is 0 Å². The molecule has 1 atom stereocenters. The highest BCUT2D eigenvalue weighted by Gasteiger charge is 2.22. The van der Waals surface area contributed by atoms with Crippen LogP contribution in [-0.4, -0.2) is 44.2 Å². The average molecular weight is 394 g/mol. The molecule has 0 bridgehead atoms. The third-order valence-corrected chi connectivity index (χ3v) is 5.23. The fourth-order valence-corrected chi connectivity index (χ4v) is 3.63. The Morgan fingerprint density at radius 2 is 2.00 bits per heavy atom. The van der Waals surface area contributed by atoms with Crippen molar-refractivity contribution in [3.63, 3.8) is 0 Å². The summed E-state index contributed by atoms with van der Waals surface area (Å²) in [6, 6.07) is 8.23. The summed E-state index contributed by atoms with van der Waals surface area (Å²) in [7, 11) is 0. The Morgan fingerprint density at radius 3 is 2.69 bits per heavy atom. The molecule has 26 heavy (non-hydrogen) atoms. The van der Waals surface area contributed by atoms with E-state index in [2.05, 4.69) is 15.5 Å². The lowest BCUT2D eigenvalue weighted by Gasteiger charge is -2.31. The predicted octanol–water partition coefficient (Wildman–Crippen LogP) is 3.00. The molecule has 0 saturated carbocycles. The average Bonchev–Trinajstić information content (AvgIpc) is 3.17. The van der Waals surface area contributed by atoms with Crippen molar-refractivity contribution in [2.24, 2.45) is 0 Å². The minimum absolute atomic E-state index is 0.262. The number of morpholine rings is 1. The van der Waals surface area contributed by atoms with Crippen LogP contribution in [0, 0.1) is 0 Å². The van der Waals surface area contributed by atoms with Gasteiger partial charge in [0.25, 0.3) is 5.91 Å². The van der Waals surface area contributed by atoms with E-state index in [1.54, 1.807) is 31.2 Å². The minimum Gasteiger partial charge on any atom is -0.378 e. The normalized spacial score (nSPS) is 15.4. The molecule has 138 valence electrons. The molecule has 1 fully saturated rings. The summed E-state index contributed by atoms with van der Waals surface area (Å²) in [6.45, 7) is 4.30. The van der Waals surface area contributed by atoms with E-state index in [1.165, 1.54) is 11.3 Å². The summed E-state index contributed by atoms with van der Waals surface area (Å²) < 4.78 is 5.38. The summed E-state index contributed by atoms with van der Waals surface area (Å²) in [5, 5.41) is 7.98. The molecule has 0 radical (unpaired) electrons. The second kappa shape index (κ2) is 8.53. The Labute approximate surface area is 161 Å². The third-order valence-electron chi connectivity index (χ3n) is 4.06. The van der Waals surface area contributed by atoms with E-state index < -0.39 is 6.04 Å². The summed E-state index contributed by atoms with van der Waals surface area (Å²) in [4.78, 5) is 27.3. The van der Waals surface area contributed by atoms with E-state index in [0.29, 0.717) is 41.9 Å². The van der Waals surface area contributed by atoms with Crippen LogP contribution in [0.1, 0.15) is 16.6 Å². The number of nitrogens with zero attached hydrogens (tertiary/aromatic N) is 1. The number of rotatable bonds is 5. The Bertz CT molecular complexity index is 776. The van der Waals surface area contributed by atoms with Crippen LogP contribution in [0.2, 0.25) is 5.02 Å². The molecule has 0 aliphatic carbocycles. The highest BCUT2D eigenvalue weighted by Crippen LogP contribution is 2.34. The van der Waals surface area contributed by atoms with Crippen LogP contribution < -0.4 is 15.5 Å². The van der Waals surface area contributed by atoms with Gasteiger partial charge in [0.15, 0.2) is 0 Å². The van der Waals surface area contributed by atoms with Gasteiger partial charge in [-0.25, -0.2) is 0 Å². The maximum atomic E-state index is 12.6. The first-order chi connectivity index (χ1) is 12.6. The van der Waals surface area contributed by atoms with Gasteiger partial charge in [0.05, 0.1) is 34.5 Å². The summed E-state index contributed by atoms with van der Waals surface area (Å²) >= 11 is 7.71. The maximum Gasteiger partial charge on any atom is 0.261 e. The van der Waals surface area contributed by atoms with Crippen molar-refractivity contribution >= 4 is 46.1 Å². The molecule has 2 N–H and O–H groups in total. The largest absolute Gasteiger partial charge is 0.378 e. The lowest BCUT2D eigenvalue weighted by molar-refractivity contribution is -0.117. The quantitative estimate of drug-likeness (QED) is 0.819. The van der Waals surface area contributed by atoms with Crippen molar-refractivity contribution in [1.82, 2.24) is 5.32 Å². The van der Waals surface area contributed by atoms with Crippen molar-refractivity contribution in [1.29, 1.82) is 0 Å². The summed E-state index contributed by atoms with van der Waals surface area (Å²) in [5.41, 5.74) is 1.41. The number of hydrogen-bond acceptors (Lipinski definition) is 5. The SMILES string of the molecule is CC(NC(=O)c1cccs1)C(=O)Nc1cccc(Cl)c1N1CCOCC1. The number of amides is 2. The number of benzene rings is 1. The molecule has 0 spiro atoms. The fourth-order valence-electron chi connectivity index (χ4n) is 2.71. The molecular weight excluding hydrogens is 374 g/mol. The van der Waals surface area contributed by atoms with Gasteiger partial charge in [-0.15, -0.1) is 11.3 Å². The lowest BCUT2D eigenvalue weighted by Crippen LogP contribution is -2.42. The smallest absolute Gasteiger partial charge is 0.261 e. The Hall–Kier alpha value is -2.09. The predicted molar refractivity (Wildman–Crippen MR) is 104 cm³/mol. The van der Waals surface area contributed by atoms with Crippen molar-refractivity contribution < 1.29 is 14.3 Å². The van der Waals surface area contributed by atoms with Crippen molar-refractivity contribution in [2.75, 3.05) is 36.5 Å². The summed E-state index contributed by atoms with van der Waals surface area (Å²) in [6.07, 6.45) is 0. The van der Waals surface area contributed by atoms with E-state index in [9.17, 15) is 9.59 Å².